The second-order valence-electron chi connectivity index (χ2n) is 7.81. The molecule has 0 spiro atoms. The number of rotatable bonds is 6. The van der Waals surface area contributed by atoms with Gasteiger partial charge in [-0.3, -0.25) is 4.90 Å². The third-order valence-electron chi connectivity index (χ3n) is 5.86. The van der Waals surface area contributed by atoms with Gasteiger partial charge in [0.15, 0.2) is 11.5 Å². The van der Waals surface area contributed by atoms with Crippen molar-refractivity contribution in [2.24, 2.45) is 5.92 Å². The molecule has 3 aromatic rings. The largest absolute Gasteiger partial charge is 0.493 e. The number of benzene rings is 2. The minimum absolute atomic E-state index is 0.279. The molecule has 0 atom stereocenters. The predicted octanol–water partition coefficient (Wildman–Crippen LogP) is 4.78. The molecule has 0 bridgehead atoms. The Morgan fingerprint density at radius 3 is 2.47 bits per heavy atom. The lowest BCUT2D eigenvalue weighted by atomic mass is 9.96. The minimum Gasteiger partial charge on any atom is -0.493 e. The van der Waals surface area contributed by atoms with Crippen LogP contribution in [0.3, 0.4) is 0 Å². The summed E-state index contributed by atoms with van der Waals surface area (Å²) in [6.07, 6.45) is 2.05. The van der Waals surface area contributed by atoms with Crippen molar-refractivity contribution in [2.45, 2.75) is 19.4 Å². The van der Waals surface area contributed by atoms with Crippen LogP contribution in [0.4, 0.5) is 0 Å². The monoisotopic (exact) mass is 426 g/mol. The fraction of sp³-hybridized carbons (Fsp3) is 0.375. The summed E-state index contributed by atoms with van der Waals surface area (Å²) < 4.78 is 11.0. The number of fused-ring (bicyclic) bond motifs is 1. The molecule has 30 heavy (non-hydrogen) atoms. The van der Waals surface area contributed by atoms with Crippen molar-refractivity contribution in [1.82, 2.24) is 9.88 Å². The van der Waals surface area contributed by atoms with Gasteiger partial charge in [-0.15, -0.1) is 0 Å². The molecular weight excluding hydrogens is 400 g/mol. The normalized spacial score (nSPS) is 15.5. The van der Waals surface area contributed by atoms with Crippen molar-refractivity contribution < 1.29 is 14.6 Å². The van der Waals surface area contributed by atoms with Crippen LogP contribution in [0.25, 0.3) is 22.2 Å². The summed E-state index contributed by atoms with van der Waals surface area (Å²) in [5.41, 5.74) is 3.94. The number of halogens is 1. The van der Waals surface area contributed by atoms with E-state index in [9.17, 15) is 5.11 Å². The molecule has 1 N–H and O–H groups in total. The van der Waals surface area contributed by atoms with Crippen molar-refractivity contribution in [3.05, 3.63) is 53.1 Å². The van der Waals surface area contributed by atoms with Crippen LogP contribution in [0.15, 0.2) is 42.5 Å². The molecule has 1 fully saturated rings. The average molecular weight is 427 g/mol. The van der Waals surface area contributed by atoms with E-state index in [0.29, 0.717) is 22.4 Å². The van der Waals surface area contributed by atoms with E-state index in [2.05, 4.69) is 11.0 Å². The number of hydrogen-bond donors (Lipinski definition) is 1. The number of aliphatic hydroxyl groups excluding tert-OH is 1. The minimum atomic E-state index is 0.279. The standard InChI is InChI=1S/C24H27ClN2O3/c1-29-22-12-18-10-19(14-27-8-6-16(15-28)7-9-27)24(17-4-3-5-20(25)11-17)26-21(18)13-23(22)30-2/h3-5,10-13,16,28H,6-9,14-15H2,1-2H3. The fourth-order valence-corrected chi connectivity index (χ4v) is 4.31. The first-order chi connectivity index (χ1) is 14.6. The van der Waals surface area contributed by atoms with Crippen molar-refractivity contribution >= 4 is 22.5 Å². The zero-order chi connectivity index (χ0) is 21.1. The Labute approximate surface area is 182 Å². The second kappa shape index (κ2) is 9.21. The molecule has 158 valence electrons. The highest BCUT2D eigenvalue weighted by atomic mass is 35.5. The Balaban J connectivity index is 1.78. The molecule has 5 nitrogen and oxygen atoms in total. The third-order valence-corrected chi connectivity index (χ3v) is 6.09. The highest BCUT2D eigenvalue weighted by Crippen LogP contribution is 2.35. The highest BCUT2D eigenvalue weighted by molar-refractivity contribution is 6.30. The molecule has 2 heterocycles. The van der Waals surface area contributed by atoms with Gasteiger partial charge in [0.2, 0.25) is 0 Å². The lowest BCUT2D eigenvalue weighted by Gasteiger charge is -2.31. The van der Waals surface area contributed by atoms with E-state index in [-0.39, 0.29) is 6.61 Å². The molecule has 2 aromatic carbocycles. The van der Waals surface area contributed by atoms with Crippen LogP contribution in [-0.4, -0.2) is 48.9 Å². The molecule has 0 saturated carbocycles. The molecule has 0 radical (unpaired) electrons. The third kappa shape index (κ3) is 4.38. The molecule has 4 rings (SSSR count). The van der Waals surface area contributed by atoms with Gasteiger partial charge in [-0.2, -0.15) is 0 Å². The van der Waals surface area contributed by atoms with Gasteiger partial charge in [-0.25, -0.2) is 4.98 Å². The highest BCUT2D eigenvalue weighted by Gasteiger charge is 2.21. The number of nitrogens with zero attached hydrogens (tertiary/aromatic N) is 2. The number of ether oxygens (including phenoxy) is 2. The van der Waals surface area contributed by atoms with Crippen LogP contribution in [0.5, 0.6) is 11.5 Å². The van der Waals surface area contributed by atoms with Crippen LogP contribution in [-0.2, 0) is 6.54 Å². The Kier molecular flexibility index (Phi) is 6.42. The average Bonchev–Trinajstić information content (AvgIpc) is 2.78. The van der Waals surface area contributed by atoms with E-state index >= 15 is 0 Å². The van der Waals surface area contributed by atoms with Gasteiger partial charge in [0, 0.05) is 35.2 Å². The van der Waals surface area contributed by atoms with E-state index in [1.807, 2.05) is 36.4 Å². The SMILES string of the molecule is COc1cc2cc(CN3CCC(CO)CC3)c(-c3cccc(Cl)c3)nc2cc1OC. The number of hydrogen-bond acceptors (Lipinski definition) is 5. The molecule has 1 aliphatic rings. The van der Waals surface area contributed by atoms with Gasteiger partial charge in [0.05, 0.1) is 25.4 Å². The van der Waals surface area contributed by atoms with Gasteiger partial charge in [-0.05, 0) is 61.7 Å². The van der Waals surface area contributed by atoms with Gasteiger partial charge in [0.1, 0.15) is 0 Å². The molecule has 0 aliphatic carbocycles. The zero-order valence-electron chi connectivity index (χ0n) is 17.4. The molecule has 0 amide bonds. The fourth-order valence-electron chi connectivity index (χ4n) is 4.12. The van der Waals surface area contributed by atoms with Gasteiger partial charge in [-0.1, -0.05) is 23.7 Å². The lowest BCUT2D eigenvalue weighted by molar-refractivity contribution is 0.127. The van der Waals surface area contributed by atoms with Crippen molar-refractivity contribution in [3.63, 3.8) is 0 Å². The second-order valence-corrected chi connectivity index (χ2v) is 8.24. The summed E-state index contributed by atoms with van der Waals surface area (Å²) in [7, 11) is 3.27. The van der Waals surface area contributed by atoms with E-state index < -0.39 is 0 Å². The first-order valence-corrected chi connectivity index (χ1v) is 10.6. The number of aliphatic hydroxyl groups is 1. The number of pyridine rings is 1. The Bertz CT molecular complexity index is 1030. The van der Waals surface area contributed by atoms with E-state index in [1.54, 1.807) is 14.2 Å². The number of piperidine rings is 1. The molecule has 1 aliphatic heterocycles. The van der Waals surface area contributed by atoms with Crippen LogP contribution in [0.1, 0.15) is 18.4 Å². The predicted molar refractivity (Wildman–Crippen MR) is 120 cm³/mol. The molecular formula is C24H27ClN2O3. The first kappa shape index (κ1) is 20.9. The Morgan fingerprint density at radius 1 is 1.07 bits per heavy atom. The maximum absolute atomic E-state index is 9.43. The van der Waals surface area contributed by atoms with E-state index in [1.165, 1.54) is 0 Å². The molecule has 0 unspecified atom stereocenters. The summed E-state index contributed by atoms with van der Waals surface area (Å²) in [5.74, 6) is 1.77. The molecule has 6 heteroatoms. The van der Waals surface area contributed by atoms with Crippen LogP contribution in [0.2, 0.25) is 5.02 Å². The Morgan fingerprint density at radius 2 is 1.80 bits per heavy atom. The number of likely N-dealkylation sites (tertiary alicyclic amines) is 1. The van der Waals surface area contributed by atoms with Crippen molar-refractivity contribution in [1.29, 1.82) is 0 Å². The number of aromatic nitrogens is 1. The lowest BCUT2D eigenvalue weighted by Crippen LogP contribution is -2.34. The maximum atomic E-state index is 9.43. The van der Waals surface area contributed by atoms with Crippen molar-refractivity contribution in [3.8, 4) is 22.8 Å². The van der Waals surface area contributed by atoms with Crippen LogP contribution >= 0.6 is 11.6 Å². The summed E-state index contributed by atoms with van der Waals surface area (Å²) >= 11 is 6.28. The zero-order valence-corrected chi connectivity index (χ0v) is 18.2. The first-order valence-electron chi connectivity index (χ1n) is 10.3. The maximum Gasteiger partial charge on any atom is 0.162 e. The molecule has 1 saturated heterocycles. The number of methoxy groups -OCH3 is 2. The van der Waals surface area contributed by atoms with Crippen LogP contribution in [0, 0.1) is 5.92 Å². The molecule has 1 aromatic heterocycles. The summed E-state index contributed by atoms with van der Waals surface area (Å²) in [6, 6.07) is 13.9. The summed E-state index contributed by atoms with van der Waals surface area (Å²) in [5, 5.41) is 11.1. The van der Waals surface area contributed by atoms with Crippen LogP contribution < -0.4 is 9.47 Å². The quantitative estimate of drug-likeness (QED) is 0.614. The summed E-state index contributed by atoms with van der Waals surface area (Å²) in [4.78, 5) is 7.44. The van der Waals surface area contributed by atoms with E-state index in [0.717, 1.165) is 60.2 Å². The topological polar surface area (TPSA) is 54.8 Å². The van der Waals surface area contributed by atoms with Gasteiger partial charge in [0.25, 0.3) is 0 Å². The summed E-state index contributed by atoms with van der Waals surface area (Å²) in [6.45, 7) is 3.03. The Hall–Kier alpha value is -2.34. The van der Waals surface area contributed by atoms with Crippen molar-refractivity contribution in [2.75, 3.05) is 33.9 Å². The van der Waals surface area contributed by atoms with Gasteiger partial charge < -0.3 is 14.6 Å². The van der Waals surface area contributed by atoms with E-state index in [4.69, 9.17) is 26.1 Å². The van der Waals surface area contributed by atoms with Gasteiger partial charge >= 0.3 is 0 Å². The smallest absolute Gasteiger partial charge is 0.162 e.